The Morgan fingerprint density at radius 3 is 2.38 bits per heavy atom. The predicted octanol–water partition coefficient (Wildman–Crippen LogP) is 2.08. The first kappa shape index (κ1) is 23.5. The van der Waals surface area contributed by atoms with Gasteiger partial charge in [-0.2, -0.15) is 0 Å². The first-order valence-electron chi connectivity index (χ1n) is 10.5. The predicted molar refractivity (Wildman–Crippen MR) is 119 cm³/mol. The van der Waals surface area contributed by atoms with Crippen LogP contribution in [0.1, 0.15) is 41.8 Å². The third-order valence-electron chi connectivity index (χ3n) is 5.43. The van der Waals surface area contributed by atoms with Crippen molar-refractivity contribution in [1.82, 2.24) is 14.5 Å². The molecule has 170 valence electrons. The topological polar surface area (TPSA) is 104 Å². The molecule has 1 heterocycles. The molecule has 8 nitrogen and oxygen atoms in total. The fraction of sp³-hybridized carbons (Fsp3) is 0.348. The number of hydrogen-bond donors (Lipinski definition) is 1. The highest BCUT2D eigenvalue weighted by Gasteiger charge is 2.41. The van der Waals surface area contributed by atoms with E-state index in [9.17, 15) is 22.8 Å². The van der Waals surface area contributed by atoms with Gasteiger partial charge in [0.25, 0.3) is 15.9 Å². The van der Waals surface area contributed by atoms with Crippen molar-refractivity contribution in [1.29, 1.82) is 0 Å². The second-order valence-electron chi connectivity index (χ2n) is 7.71. The molecule has 3 amide bonds. The summed E-state index contributed by atoms with van der Waals surface area (Å²) in [5.74, 6) is -1.36. The van der Waals surface area contributed by atoms with Gasteiger partial charge in [0.15, 0.2) is 0 Å². The van der Waals surface area contributed by atoms with Gasteiger partial charge in [0, 0.05) is 26.1 Å². The van der Waals surface area contributed by atoms with Gasteiger partial charge in [0.2, 0.25) is 11.8 Å². The van der Waals surface area contributed by atoms with Gasteiger partial charge >= 0.3 is 0 Å². The van der Waals surface area contributed by atoms with Crippen LogP contribution in [-0.4, -0.2) is 54.5 Å². The molecule has 0 saturated heterocycles. The van der Waals surface area contributed by atoms with Gasteiger partial charge in [-0.15, -0.1) is 0 Å². The summed E-state index contributed by atoms with van der Waals surface area (Å²) < 4.78 is 26.2. The summed E-state index contributed by atoms with van der Waals surface area (Å²) >= 11 is 0. The van der Waals surface area contributed by atoms with Crippen molar-refractivity contribution in [2.24, 2.45) is 0 Å². The number of sulfonamides is 1. The molecule has 9 heteroatoms. The van der Waals surface area contributed by atoms with Crippen molar-refractivity contribution in [3.05, 3.63) is 65.2 Å². The van der Waals surface area contributed by atoms with Gasteiger partial charge < -0.3 is 10.2 Å². The Hall–Kier alpha value is -3.20. The maximum Gasteiger partial charge on any atom is 0.269 e. The van der Waals surface area contributed by atoms with E-state index in [2.05, 4.69) is 5.32 Å². The van der Waals surface area contributed by atoms with Crippen LogP contribution in [0.5, 0.6) is 0 Å². The van der Waals surface area contributed by atoms with Crippen LogP contribution in [0.4, 0.5) is 0 Å². The molecular weight excluding hydrogens is 430 g/mol. The molecule has 0 unspecified atom stereocenters. The van der Waals surface area contributed by atoms with E-state index in [1.807, 2.05) is 31.2 Å². The summed E-state index contributed by atoms with van der Waals surface area (Å²) in [7, 11) is -3.99. The molecular formula is C23H27N3O5S. The number of likely N-dealkylation sites (N-methyl/N-ethyl adjacent to an activating group) is 1. The highest BCUT2D eigenvalue weighted by atomic mass is 32.2. The number of aryl methyl sites for hydroxylation is 1. The fourth-order valence-corrected chi connectivity index (χ4v) is 5.16. The van der Waals surface area contributed by atoms with E-state index in [0.717, 1.165) is 15.4 Å². The van der Waals surface area contributed by atoms with Gasteiger partial charge in [-0.3, -0.25) is 14.4 Å². The van der Waals surface area contributed by atoms with Crippen molar-refractivity contribution in [3.8, 4) is 0 Å². The van der Waals surface area contributed by atoms with E-state index >= 15 is 0 Å². The molecule has 0 saturated carbocycles. The van der Waals surface area contributed by atoms with Gasteiger partial charge in [-0.25, -0.2) is 12.7 Å². The minimum absolute atomic E-state index is 0.0512. The van der Waals surface area contributed by atoms with Crippen LogP contribution < -0.4 is 5.32 Å². The number of amides is 3. The minimum atomic E-state index is -3.99. The van der Waals surface area contributed by atoms with Crippen molar-refractivity contribution >= 4 is 27.7 Å². The van der Waals surface area contributed by atoms with Crippen LogP contribution >= 0.6 is 0 Å². The lowest BCUT2D eigenvalue weighted by Gasteiger charge is -2.29. The molecule has 1 aliphatic rings. The number of hydrogen-bond acceptors (Lipinski definition) is 5. The quantitative estimate of drug-likeness (QED) is 0.654. The molecule has 0 aromatic heterocycles. The number of rotatable bonds is 8. The Morgan fingerprint density at radius 1 is 1.09 bits per heavy atom. The summed E-state index contributed by atoms with van der Waals surface area (Å²) in [4.78, 5) is 39.5. The van der Waals surface area contributed by atoms with Crippen LogP contribution in [0.2, 0.25) is 0 Å². The number of fused-ring (bicyclic) bond motifs is 1. The van der Waals surface area contributed by atoms with E-state index in [4.69, 9.17) is 0 Å². The summed E-state index contributed by atoms with van der Waals surface area (Å²) in [5.41, 5.74) is 2.02. The number of carbonyl (C=O) groups is 3. The van der Waals surface area contributed by atoms with Crippen LogP contribution in [-0.2, 0) is 26.2 Å². The fourth-order valence-electron chi connectivity index (χ4n) is 3.59. The number of carbonyl (C=O) groups excluding carboxylic acids is 3. The second-order valence-corrected chi connectivity index (χ2v) is 9.54. The van der Waals surface area contributed by atoms with Gasteiger partial charge in [-0.1, -0.05) is 42.0 Å². The lowest BCUT2D eigenvalue weighted by Crippen LogP contribution is -2.48. The van der Waals surface area contributed by atoms with Crippen molar-refractivity contribution in [2.45, 2.75) is 44.7 Å². The average molecular weight is 458 g/mol. The molecule has 0 fully saturated rings. The number of nitrogens with one attached hydrogen (secondary N) is 1. The highest BCUT2D eigenvalue weighted by molar-refractivity contribution is 7.90. The molecule has 1 atom stereocenters. The zero-order valence-electron chi connectivity index (χ0n) is 18.4. The zero-order valence-corrected chi connectivity index (χ0v) is 19.2. The third kappa shape index (κ3) is 4.67. The van der Waals surface area contributed by atoms with E-state index in [0.29, 0.717) is 6.54 Å². The lowest BCUT2D eigenvalue weighted by atomic mass is 10.1. The zero-order chi connectivity index (χ0) is 23.5. The van der Waals surface area contributed by atoms with E-state index in [-0.39, 0.29) is 35.9 Å². The Labute approximate surface area is 188 Å². The van der Waals surface area contributed by atoms with E-state index in [1.54, 1.807) is 26.0 Å². The second kappa shape index (κ2) is 9.52. The molecule has 0 spiro atoms. The highest BCUT2D eigenvalue weighted by Crippen LogP contribution is 2.30. The van der Waals surface area contributed by atoms with Crippen LogP contribution in [0.3, 0.4) is 0 Å². The monoisotopic (exact) mass is 457 g/mol. The van der Waals surface area contributed by atoms with Gasteiger partial charge in [0.05, 0.1) is 5.56 Å². The van der Waals surface area contributed by atoms with E-state index < -0.39 is 27.9 Å². The molecule has 0 bridgehead atoms. The SMILES string of the molecule is CCNC(=O)[C@H](C)N(Cc1ccc(C)cc1)C(=O)CCN1C(=O)c2ccccc2S1(=O)=O. The molecule has 1 N–H and O–H groups in total. The molecule has 0 radical (unpaired) electrons. The van der Waals surface area contributed by atoms with Crippen molar-refractivity contribution in [3.63, 3.8) is 0 Å². The molecule has 1 aliphatic heterocycles. The molecule has 0 aliphatic carbocycles. The minimum Gasteiger partial charge on any atom is -0.355 e. The van der Waals surface area contributed by atoms with Crippen molar-refractivity contribution in [2.75, 3.05) is 13.1 Å². The molecule has 2 aromatic carbocycles. The van der Waals surface area contributed by atoms with Crippen LogP contribution in [0, 0.1) is 6.92 Å². The largest absolute Gasteiger partial charge is 0.355 e. The molecule has 32 heavy (non-hydrogen) atoms. The lowest BCUT2D eigenvalue weighted by molar-refractivity contribution is -0.140. The summed E-state index contributed by atoms with van der Waals surface area (Å²) in [6.45, 7) is 5.70. The van der Waals surface area contributed by atoms with E-state index in [1.165, 1.54) is 17.0 Å². The Balaban J connectivity index is 1.78. The van der Waals surface area contributed by atoms with Crippen LogP contribution in [0.25, 0.3) is 0 Å². The summed E-state index contributed by atoms with van der Waals surface area (Å²) in [6, 6.07) is 12.8. The molecule has 2 aromatic rings. The Kier molecular flexibility index (Phi) is 6.98. The third-order valence-corrected chi connectivity index (χ3v) is 7.27. The maximum absolute atomic E-state index is 13.1. The Bertz CT molecular complexity index is 1130. The van der Waals surface area contributed by atoms with Crippen LogP contribution in [0.15, 0.2) is 53.4 Å². The van der Waals surface area contributed by atoms with Crippen molar-refractivity contribution < 1.29 is 22.8 Å². The van der Waals surface area contributed by atoms with Gasteiger partial charge in [0.1, 0.15) is 10.9 Å². The number of nitrogens with zero attached hydrogens (tertiary/aromatic N) is 2. The Morgan fingerprint density at radius 2 is 1.75 bits per heavy atom. The van der Waals surface area contributed by atoms with Gasteiger partial charge in [-0.05, 0) is 38.5 Å². The average Bonchev–Trinajstić information content (AvgIpc) is 2.97. The summed E-state index contributed by atoms with van der Waals surface area (Å²) in [6.07, 6.45) is -0.228. The number of benzene rings is 2. The first-order valence-corrected chi connectivity index (χ1v) is 11.9. The molecule has 3 rings (SSSR count). The standard InChI is InChI=1S/C23H27N3O5S/c1-4-24-22(28)17(3)25(15-18-11-9-16(2)10-12-18)21(27)13-14-26-23(29)19-7-5-6-8-20(19)32(26,30)31/h5-12,17H,4,13-15H2,1-3H3,(H,24,28)/t17-/m0/s1. The maximum atomic E-state index is 13.1. The normalized spacial score (nSPS) is 15.2. The summed E-state index contributed by atoms with van der Waals surface area (Å²) in [5, 5.41) is 2.71. The smallest absolute Gasteiger partial charge is 0.269 e. The first-order chi connectivity index (χ1) is 15.2.